The number of carbonyl (C=O) groups is 1. The monoisotopic (exact) mass is 385 g/mol. The van der Waals surface area contributed by atoms with Crippen LogP contribution in [0.5, 0.6) is 0 Å². The van der Waals surface area contributed by atoms with Crippen LogP contribution in [0.4, 0.5) is 0 Å². The van der Waals surface area contributed by atoms with Gasteiger partial charge in [-0.15, -0.1) is 0 Å². The molecule has 0 spiro atoms. The number of esters is 1. The molecule has 148 valence electrons. The molecule has 26 heavy (non-hydrogen) atoms. The van der Waals surface area contributed by atoms with E-state index in [1.165, 1.54) is 0 Å². The number of aromatic nitrogens is 1. The standard InChI is InChI=1S/C18H31N3O4S/c1-6-25-18(22)16-14(3)20(5)15(4)17(16)26(23,24)19-9-12-21-10-7-13(2)8-11-21/h13,19H,6-12H2,1-5H3. The van der Waals surface area contributed by atoms with Gasteiger partial charge in [-0.25, -0.2) is 17.9 Å². The fourth-order valence-electron chi connectivity index (χ4n) is 3.39. The van der Waals surface area contributed by atoms with Crippen molar-refractivity contribution in [2.24, 2.45) is 13.0 Å². The van der Waals surface area contributed by atoms with Crippen LogP contribution in [0.1, 0.15) is 48.4 Å². The fraction of sp³-hybridized carbons (Fsp3) is 0.722. The van der Waals surface area contributed by atoms with Crippen molar-refractivity contribution in [3.8, 4) is 0 Å². The first-order chi connectivity index (χ1) is 12.2. The van der Waals surface area contributed by atoms with Crippen LogP contribution < -0.4 is 4.72 Å². The van der Waals surface area contributed by atoms with Crippen molar-refractivity contribution in [1.82, 2.24) is 14.2 Å². The predicted molar refractivity (Wildman–Crippen MR) is 101 cm³/mol. The molecular weight excluding hydrogens is 354 g/mol. The second-order valence-electron chi connectivity index (χ2n) is 7.08. The highest BCUT2D eigenvalue weighted by atomic mass is 32.2. The van der Waals surface area contributed by atoms with Crippen molar-refractivity contribution >= 4 is 16.0 Å². The van der Waals surface area contributed by atoms with E-state index in [0.29, 0.717) is 24.5 Å². The summed E-state index contributed by atoms with van der Waals surface area (Å²) in [5, 5.41) is 0. The molecule has 1 N–H and O–H groups in total. The van der Waals surface area contributed by atoms with Gasteiger partial charge in [0.15, 0.2) is 0 Å². The zero-order valence-electron chi connectivity index (χ0n) is 16.5. The Labute approximate surface area is 156 Å². The molecular formula is C18H31N3O4S. The highest BCUT2D eigenvalue weighted by Gasteiger charge is 2.31. The highest BCUT2D eigenvalue weighted by Crippen LogP contribution is 2.26. The molecule has 0 saturated carbocycles. The van der Waals surface area contributed by atoms with Gasteiger partial charge in [-0.3, -0.25) is 0 Å². The summed E-state index contributed by atoms with van der Waals surface area (Å²) in [7, 11) is -2.05. The van der Waals surface area contributed by atoms with E-state index in [1.54, 1.807) is 32.4 Å². The van der Waals surface area contributed by atoms with Crippen molar-refractivity contribution in [2.45, 2.75) is 45.4 Å². The number of piperidine rings is 1. The second kappa shape index (κ2) is 8.54. The molecule has 1 saturated heterocycles. The Kier molecular flexibility index (Phi) is 6.87. The van der Waals surface area contributed by atoms with Crippen LogP contribution in [0, 0.1) is 19.8 Å². The number of nitrogens with one attached hydrogen (secondary N) is 1. The van der Waals surface area contributed by atoms with E-state index in [1.807, 2.05) is 0 Å². The second-order valence-corrected chi connectivity index (χ2v) is 8.78. The largest absolute Gasteiger partial charge is 0.462 e. The minimum atomic E-state index is -3.80. The van der Waals surface area contributed by atoms with Crippen LogP contribution in [0.15, 0.2) is 4.90 Å². The Morgan fingerprint density at radius 1 is 1.23 bits per heavy atom. The Hall–Kier alpha value is -1.38. The third kappa shape index (κ3) is 4.47. The van der Waals surface area contributed by atoms with Gasteiger partial charge in [0.25, 0.3) is 0 Å². The van der Waals surface area contributed by atoms with Gasteiger partial charge in [-0.05, 0) is 52.6 Å². The third-order valence-electron chi connectivity index (χ3n) is 5.27. The molecule has 2 rings (SSSR count). The molecule has 0 aromatic carbocycles. The summed E-state index contributed by atoms with van der Waals surface area (Å²) in [5.74, 6) is 0.143. The van der Waals surface area contributed by atoms with E-state index in [2.05, 4.69) is 16.5 Å². The number of carbonyl (C=O) groups excluding carboxylic acids is 1. The minimum absolute atomic E-state index is 0.0308. The minimum Gasteiger partial charge on any atom is -0.462 e. The van der Waals surface area contributed by atoms with Crippen LogP contribution in [0.2, 0.25) is 0 Å². The van der Waals surface area contributed by atoms with Crippen LogP contribution in [0.25, 0.3) is 0 Å². The number of sulfonamides is 1. The molecule has 1 aliphatic heterocycles. The Bertz CT molecular complexity index is 747. The van der Waals surface area contributed by atoms with Crippen molar-refractivity contribution in [3.63, 3.8) is 0 Å². The van der Waals surface area contributed by atoms with Gasteiger partial charge in [0.05, 0.1) is 6.61 Å². The van der Waals surface area contributed by atoms with Crippen molar-refractivity contribution in [2.75, 3.05) is 32.8 Å². The molecule has 0 aliphatic carbocycles. The van der Waals surface area contributed by atoms with Crippen LogP contribution in [-0.2, 0) is 21.8 Å². The van der Waals surface area contributed by atoms with Crippen molar-refractivity contribution in [1.29, 1.82) is 0 Å². The lowest BCUT2D eigenvalue weighted by Gasteiger charge is -2.30. The first-order valence-corrected chi connectivity index (χ1v) is 10.7. The molecule has 0 atom stereocenters. The third-order valence-corrected chi connectivity index (χ3v) is 6.89. The summed E-state index contributed by atoms with van der Waals surface area (Å²) in [4.78, 5) is 14.6. The number of likely N-dealkylation sites (tertiary alicyclic amines) is 1. The van der Waals surface area contributed by atoms with Crippen LogP contribution in [-0.4, -0.2) is 56.6 Å². The van der Waals surface area contributed by atoms with Gasteiger partial charge >= 0.3 is 5.97 Å². The van der Waals surface area contributed by atoms with E-state index >= 15 is 0 Å². The summed E-state index contributed by atoms with van der Waals surface area (Å²) in [6.07, 6.45) is 2.30. The first-order valence-electron chi connectivity index (χ1n) is 9.24. The van der Waals surface area contributed by atoms with E-state index in [4.69, 9.17) is 4.74 Å². The molecule has 1 aliphatic rings. The Morgan fingerprint density at radius 3 is 2.42 bits per heavy atom. The van der Waals surface area contributed by atoms with E-state index in [0.717, 1.165) is 31.8 Å². The zero-order valence-corrected chi connectivity index (χ0v) is 17.3. The summed E-state index contributed by atoms with van der Waals surface area (Å²) in [6, 6.07) is 0. The predicted octanol–water partition coefficient (Wildman–Crippen LogP) is 1.83. The number of rotatable bonds is 7. The van der Waals surface area contributed by atoms with E-state index in [-0.39, 0.29) is 17.1 Å². The smallest absolute Gasteiger partial charge is 0.341 e. The number of hydrogen-bond acceptors (Lipinski definition) is 5. The SMILES string of the molecule is CCOC(=O)c1c(S(=O)(=O)NCCN2CCC(C)CC2)c(C)n(C)c1C. The lowest BCUT2D eigenvalue weighted by molar-refractivity contribution is 0.0521. The maximum Gasteiger partial charge on any atom is 0.341 e. The average molecular weight is 386 g/mol. The summed E-state index contributed by atoms with van der Waals surface area (Å²) in [5.41, 5.74) is 1.25. The van der Waals surface area contributed by atoms with Crippen LogP contribution >= 0.6 is 0 Å². The highest BCUT2D eigenvalue weighted by molar-refractivity contribution is 7.89. The Balaban J connectivity index is 2.15. The molecule has 1 aromatic heterocycles. The quantitative estimate of drug-likeness (QED) is 0.724. The van der Waals surface area contributed by atoms with Crippen molar-refractivity contribution < 1.29 is 17.9 Å². The molecule has 1 fully saturated rings. The maximum absolute atomic E-state index is 12.9. The lowest BCUT2D eigenvalue weighted by atomic mass is 9.99. The molecule has 0 amide bonds. The average Bonchev–Trinajstić information content (AvgIpc) is 2.81. The van der Waals surface area contributed by atoms with Gasteiger partial charge in [-0.1, -0.05) is 6.92 Å². The Morgan fingerprint density at radius 2 is 1.85 bits per heavy atom. The molecule has 8 heteroatoms. The zero-order chi connectivity index (χ0) is 19.5. The molecule has 0 radical (unpaired) electrons. The first kappa shape index (κ1) is 20.9. The summed E-state index contributed by atoms with van der Waals surface area (Å²) in [6.45, 7) is 10.6. The van der Waals surface area contributed by atoms with E-state index < -0.39 is 16.0 Å². The topological polar surface area (TPSA) is 80.6 Å². The molecule has 2 heterocycles. The molecule has 0 unspecified atom stereocenters. The van der Waals surface area contributed by atoms with Gasteiger partial charge < -0.3 is 14.2 Å². The van der Waals surface area contributed by atoms with Gasteiger partial charge in [0.1, 0.15) is 10.5 Å². The number of hydrogen-bond donors (Lipinski definition) is 1. The van der Waals surface area contributed by atoms with Crippen molar-refractivity contribution in [3.05, 3.63) is 17.0 Å². The number of ether oxygens (including phenoxy) is 1. The van der Waals surface area contributed by atoms with Gasteiger partial charge in [-0.2, -0.15) is 0 Å². The molecule has 1 aromatic rings. The van der Waals surface area contributed by atoms with Gasteiger partial charge in [0, 0.05) is 31.5 Å². The number of nitrogens with zero attached hydrogens (tertiary/aromatic N) is 2. The summed E-state index contributed by atoms with van der Waals surface area (Å²) >= 11 is 0. The fourth-order valence-corrected chi connectivity index (χ4v) is 4.92. The van der Waals surface area contributed by atoms with Crippen LogP contribution in [0.3, 0.4) is 0 Å². The maximum atomic E-state index is 12.9. The normalized spacial score (nSPS) is 16.8. The molecule has 7 nitrogen and oxygen atoms in total. The van der Waals surface area contributed by atoms with E-state index in [9.17, 15) is 13.2 Å². The lowest BCUT2D eigenvalue weighted by Crippen LogP contribution is -2.39. The summed E-state index contributed by atoms with van der Waals surface area (Å²) < 4.78 is 35.2. The molecule has 0 bridgehead atoms. The van der Waals surface area contributed by atoms with Gasteiger partial charge in [0.2, 0.25) is 10.0 Å².